The lowest BCUT2D eigenvalue weighted by Crippen LogP contribution is -2.33. The second-order valence-electron chi connectivity index (χ2n) is 6.15. The number of benzene rings is 2. The minimum Gasteiger partial charge on any atom is -0.393 e. The molecule has 0 aliphatic heterocycles. The summed E-state index contributed by atoms with van der Waals surface area (Å²) in [6.07, 6.45) is 0. The SMILES string of the molecule is COC[C@@]1(C(N)=S)[C@H](c2ccc(Cl)cc2)[C@@H]1S(=O)(=O)c1ccccc1. The number of methoxy groups -OCH3 is 1. The van der Waals surface area contributed by atoms with Gasteiger partial charge in [-0.05, 0) is 29.8 Å². The molecule has 4 nitrogen and oxygen atoms in total. The van der Waals surface area contributed by atoms with Crippen molar-refractivity contribution < 1.29 is 13.2 Å². The quantitative estimate of drug-likeness (QED) is 0.760. The van der Waals surface area contributed by atoms with Crippen molar-refractivity contribution in [1.82, 2.24) is 0 Å². The van der Waals surface area contributed by atoms with Crippen molar-refractivity contribution in [3.05, 3.63) is 65.2 Å². The molecule has 0 aromatic heterocycles. The Morgan fingerprint density at radius 1 is 1.20 bits per heavy atom. The molecule has 7 heteroatoms. The summed E-state index contributed by atoms with van der Waals surface area (Å²) in [5, 5.41) is -0.180. The van der Waals surface area contributed by atoms with Gasteiger partial charge in [-0.2, -0.15) is 0 Å². The molecule has 25 heavy (non-hydrogen) atoms. The van der Waals surface area contributed by atoms with E-state index in [-0.39, 0.29) is 22.4 Å². The van der Waals surface area contributed by atoms with Crippen LogP contribution in [0.5, 0.6) is 0 Å². The molecule has 1 fully saturated rings. The lowest BCUT2D eigenvalue weighted by molar-refractivity contribution is 0.166. The van der Waals surface area contributed by atoms with Crippen molar-refractivity contribution in [2.75, 3.05) is 13.7 Å². The van der Waals surface area contributed by atoms with Crippen molar-refractivity contribution in [1.29, 1.82) is 0 Å². The Labute approximate surface area is 157 Å². The zero-order valence-corrected chi connectivity index (χ0v) is 15.9. The van der Waals surface area contributed by atoms with Crippen LogP contribution >= 0.6 is 23.8 Å². The van der Waals surface area contributed by atoms with Gasteiger partial charge in [0, 0.05) is 18.1 Å². The molecule has 0 bridgehead atoms. The first kappa shape index (κ1) is 18.3. The first-order chi connectivity index (χ1) is 11.9. The maximum Gasteiger partial charge on any atom is 0.182 e. The minimum absolute atomic E-state index is 0.145. The van der Waals surface area contributed by atoms with E-state index in [1.165, 1.54) is 7.11 Å². The van der Waals surface area contributed by atoms with Gasteiger partial charge < -0.3 is 10.5 Å². The number of sulfone groups is 1. The molecule has 0 saturated heterocycles. The van der Waals surface area contributed by atoms with Gasteiger partial charge in [0.25, 0.3) is 0 Å². The highest BCUT2D eigenvalue weighted by atomic mass is 35.5. The average molecular weight is 396 g/mol. The van der Waals surface area contributed by atoms with Gasteiger partial charge in [-0.25, -0.2) is 8.42 Å². The second kappa shape index (κ2) is 6.68. The highest BCUT2D eigenvalue weighted by Gasteiger charge is 2.73. The zero-order valence-electron chi connectivity index (χ0n) is 13.6. The molecule has 1 saturated carbocycles. The standard InChI is InChI=1S/C18H18ClNO3S2/c1-23-11-18(17(20)24)15(12-7-9-13(19)10-8-12)16(18)25(21,22)14-5-3-2-4-6-14/h2-10,15-16H,11H2,1H3,(H2,20,24)/t15-,16+,18-/m1/s1. The van der Waals surface area contributed by atoms with E-state index < -0.39 is 20.5 Å². The third-order valence-corrected chi connectivity index (χ3v) is 7.66. The molecule has 1 aliphatic rings. The van der Waals surface area contributed by atoms with Crippen molar-refractivity contribution in [2.24, 2.45) is 11.1 Å². The van der Waals surface area contributed by atoms with E-state index in [1.54, 1.807) is 42.5 Å². The van der Waals surface area contributed by atoms with Gasteiger partial charge in [-0.1, -0.05) is 54.2 Å². The lowest BCUT2D eigenvalue weighted by Gasteiger charge is -2.16. The molecule has 0 amide bonds. The van der Waals surface area contributed by atoms with Gasteiger partial charge in [-0.3, -0.25) is 0 Å². The summed E-state index contributed by atoms with van der Waals surface area (Å²) in [5.41, 5.74) is 5.91. The molecule has 0 heterocycles. The van der Waals surface area contributed by atoms with Crippen molar-refractivity contribution in [2.45, 2.75) is 16.1 Å². The van der Waals surface area contributed by atoms with Crippen LogP contribution in [0.15, 0.2) is 59.5 Å². The fraction of sp³-hybridized carbons (Fsp3) is 0.278. The largest absolute Gasteiger partial charge is 0.393 e. The van der Waals surface area contributed by atoms with E-state index in [9.17, 15) is 8.42 Å². The molecule has 0 unspecified atom stereocenters. The van der Waals surface area contributed by atoms with E-state index in [0.29, 0.717) is 5.02 Å². The summed E-state index contributed by atoms with van der Waals surface area (Å²) < 4.78 is 31.8. The topological polar surface area (TPSA) is 69.4 Å². The molecule has 2 aromatic carbocycles. The molecule has 132 valence electrons. The molecular formula is C18H18ClNO3S2. The van der Waals surface area contributed by atoms with Gasteiger partial charge in [0.2, 0.25) is 0 Å². The predicted molar refractivity (Wildman–Crippen MR) is 103 cm³/mol. The van der Waals surface area contributed by atoms with Crippen molar-refractivity contribution in [3.8, 4) is 0 Å². The minimum atomic E-state index is -3.63. The predicted octanol–water partition coefficient (Wildman–Crippen LogP) is 3.20. The van der Waals surface area contributed by atoms with Gasteiger partial charge in [0.05, 0.1) is 27.2 Å². The molecule has 3 atom stereocenters. The number of nitrogens with two attached hydrogens (primary N) is 1. The summed E-state index contributed by atoms with van der Waals surface area (Å²) in [7, 11) is -2.11. The van der Waals surface area contributed by atoms with E-state index in [0.717, 1.165) is 5.56 Å². The van der Waals surface area contributed by atoms with Crippen LogP contribution in [-0.2, 0) is 14.6 Å². The first-order valence-electron chi connectivity index (χ1n) is 7.69. The Kier molecular flexibility index (Phi) is 4.90. The monoisotopic (exact) mass is 395 g/mol. The van der Waals surface area contributed by atoms with Crippen LogP contribution in [0.1, 0.15) is 11.5 Å². The molecule has 0 spiro atoms. The summed E-state index contributed by atoms with van der Waals surface area (Å²) >= 11 is 11.2. The number of halogens is 1. The number of hydrogen-bond acceptors (Lipinski definition) is 4. The zero-order chi connectivity index (χ0) is 18.2. The van der Waals surface area contributed by atoms with Crippen LogP contribution in [0.2, 0.25) is 5.02 Å². The third-order valence-electron chi connectivity index (χ3n) is 4.73. The average Bonchev–Trinajstić information content (AvgIpc) is 3.28. The van der Waals surface area contributed by atoms with Gasteiger partial charge in [-0.15, -0.1) is 0 Å². The number of thiocarbonyl (C=S) groups is 1. The second-order valence-corrected chi connectivity index (χ2v) is 9.09. The summed E-state index contributed by atoms with van der Waals surface area (Å²) in [6, 6.07) is 15.5. The lowest BCUT2D eigenvalue weighted by atomic mass is 10.00. The van der Waals surface area contributed by atoms with Crippen LogP contribution in [-0.4, -0.2) is 32.4 Å². The smallest absolute Gasteiger partial charge is 0.182 e. The molecule has 3 rings (SSSR count). The third kappa shape index (κ3) is 2.97. The van der Waals surface area contributed by atoms with Crippen molar-refractivity contribution in [3.63, 3.8) is 0 Å². The first-order valence-corrected chi connectivity index (χ1v) is 10.0. The van der Waals surface area contributed by atoms with Crippen LogP contribution < -0.4 is 5.73 Å². The summed E-state index contributed by atoms with van der Waals surface area (Å²) in [5.74, 6) is -0.368. The van der Waals surface area contributed by atoms with E-state index in [2.05, 4.69) is 0 Å². The number of hydrogen-bond donors (Lipinski definition) is 1. The van der Waals surface area contributed by atoms with Gasteiger partial charge in [0.1, 0.15) is 0 Å². The Balaban J connectivity index is 2.12. The molecule has 2 N–H and O–H groups in total. The molecule has 0 radical (unpaired) electrons. The Morgan fingerprint density at radius 2 is 1.80 bits per heavy atom. The van der Waals surface area contributed by atoms with Crippen molar-refractivity contribution >= 4 is 38.6 Å². The molecule has 2 aromatic rings. The summed E-state index contributed by atoms with van der Waals surface area (Å²) in [6.45, 7) is 0.145. The highest BCUT2D eigenvalue weighted by molar-refractivity contribution is 7.92. The highest BCUT2D eigenvalue weighted by Crippen LogP contribution is 2.64. The maximum atomic E-state index is 13.2. The van der Waals surface area contributed by atoms with Crippen LogP contribution in [0, 0.1) is 5.41 Å². The van der Waals surface area contributed by atoms with Crippen LogP contribution in [0.3, 0.4) is 0 Å². The summed E-state index contributed by atoms with van der Waals surface area (Å²) in [4.78, 5) is 0.409. The Morgan fingerprint density at radius 3 is 2.32 bits per heavy atom. The van der Waals surface area contributed by atoms with Gasteiger partial charge in [0.15, 0.2) is 9.84 Å². The number of rotatable bonds is 6. The van der Waals surface area contributed by atoms with Crippen LogP contribution in [0.4, 0.5) is 0 Å². The fourth-order valence-corrected chi connectivity index (χ4v) is 6.45. The Bertz CT molecular complexity index is 884. The fourth-order valence-electron chi connectivity index (χ4n) is 3.54. The van der Waals surface area contributed by atoms with Gasteiger partial charge >= 0.3 is 0 Å². The van der Waals surface area contributed by atoms with E-state index >= 15 is 0 Å². The van der Waals surface area contributed by atoms with E-state index in [1.807, 2.05) is 12.1 Å². The molecule has 1 aliphatic carbocycles. The number of ether oxygens (including phenoxy) is 1. The van der Waals surface area contributed by atoms with Crippen LogP contribution in [0.25, 0.3) is 0 Å². The molecular weight excluding hydrogens is 378 g/mol. The van der Waals surface area contributed by atoms with E-state index in [4.69, 9.17) is 34.3 Å². The Hall–Kier alpha value is -1.47. The maximum absolute atomic E-state index is 13.2. The normalized spacial score (nSPS) is 25.5.